The molecule has 19 aromatic rings. The van der Waals surface area contributed by atoms with Crippen LogP contribution in [0.2, 0.25) is 0 Å². The van der Waals surface area contributed by atoms with Gasteiger partial charge in [-0.25, -0.2) is 19.8 Å². The minimum atomic E-state index is 0.384. The standard InChI is InChI=1S/C82H46N6O2S/c1-83-63-47-62(82-85-80(51-27-12-5-13-28-51)84-81(86-82)59-32-20-36-71-73(59)58-31-16-19-35-70(58)91-71)72(50-25-10-4-11-26-50)77(88-65-42-38-53(49-23-8-3-9-24-49)46-61(65)75-67(88)44-40-57-55-30-15-18-34-69(55)90-79(57)75)76(63)87-64-41-37-52(48-21-6-2-7-22-48)45-60(64)74-66(87)43-39-56-54-29-14-17-33-68(54)89-78(56)74/h2-47H. The van der Waals surface area contributed by atoms with E-state index in [0.29, 0.717) is 34.4 Å². The summed E-state index contributed by atoms with van der Waals surface area (Å²) in [6, 6.07) is 97.5. The maximum Gasteiger partial charge on any atom is 0.213 e. The lowest BCUT2D eigenvalue weighted by molar-refractivity contribution is 0.672. The van der Waals surface area contributed by atoms with Crippen LogP contribution in [-0.4, -0.2) is 24.1 Å². The number of fused-ring (bicyclic) bond motifs is 17. The smallest absolute Gasteiger partial charge is 0.213 e. The van der Waals surface area contributed by atoms with Crippen molar-refractivity contribution in [1.82, 2.24) is 24.1 Å². The van der Waals surface area contributed by atoms with Crippen LogP contribution in [0.15, 0.2) is 288 Å². The van der Waals surface area contributed by atoms with Gasteiger partial charge in [0.25, 0.3) is 0 Å². The molecule has 6 heterocycles. The van der Waals surface area contributed by atoms with Gasteiger partial charge in [-0.15, -0.1) is 11.3 Å². The van der Waals surface area contributed by atoms with E-state index in [4.69, 9.17) is 28.6 Å². The highest BCUT2D eigenvalue weighted by atomic mass is 32.1. The highest BCUT2D eigenvalue weighted by molar-refractivity contribution is 7.26. The molecule has 0 N–H and O–H groups in total. The van der Waals surface area contributed by atoms with Gasteiger partial charge in [-0.05, 0) is 107 Å². The topological polar surface area (TPSA) is 79.2 Å². The molecule has 0 saturated carbocycles. The molecule has 0 unspecified atom stereocenters. The quantitative estimate of drug-likeness (QED) is 0.142. The summed E-state index contributed by atoms with van der Waals surface area (Å²) in [6.07, 6.45) is 0. The summed E-state index contributed by atoms with van der Waals surface area (Å²) in [5, 5.41) is 10.2. The van der Waals surface area contributed by atoms with Crippen LogP contribution in [-0.2, 0) is 0 Å². The Morgan fingerprint density at radius 1 is 0.319 bits per heavy atom. The highest BCUT2D eigenvalue weighted by Gasteiger charge is 2.32. The van der Waals surface area contributed by atoms with Crippen LogP contribution in [0.3, 0.4) is 0 Å². The summed E-state index contributed by atoms with van der Waals surface area (Å²) in [4.78, 5) is 21.4. The number of thiophene rings is 1. The fraction of sp³-hybridized carbons (Fsp3) is 0. The van der Waals surface area contributed by atoms with Gasteiger partial charge in [-0.3, -0.25) is 0 Å². The predicted octanol–water partition coefficient (Wildman–Crippen LogP) is 22.8. The van der Waals surface area contributed by atoms with Crippen molar-refractivity contribution in [3.63, 3.8) is 0 Å². The van der Waals surface area contributed by atoms with E-state index in [1.165, 1.54) is 4.70 Å². The molecule has 0 bridgehead atoms. The van der Waals surface area contributed by atoms with Crippen LogP contribution < -0.4 is 0 Å². The van der Waals surface area contributed by atoms with Crippen LogP contribution in [0, 0.1) is 6.57 Å². The summed E-state index contributed by atoms with van der Waals surface area (Å²) in [5.41, 5.74) is 16.9. The second-order valence-electron chi connectivity index (χ2n) is 23.2. The van der Waals surface area contributed by atoms with Crippen LogP contribution in [0.25, 0.3) is 191 Å². The first-order valence-corrected chi connectivity index (χ1v) is 31.2. The van der Waals surface area contributed by atoms with Crippen molar-refractivity contribution in [3.05, 3.63) is 290 Å². The van der Waals surface area contributed by atoms with Gasteiger partial charge >= 0.3 is 0 Å². The van der Waals surface area contributed by atoms with Crippen LogP contribution in [0.1, 0.15) is 0 Å². The number of para-hydroxylation sites is 2. The molecule has 6 aromatic heterocycles. The Kier molecular flexibility index (Phi) is 11.1. The average Bonchev–Trinajstić information content (AvgIpc) is 1.56. The number of nitrogens with zero attached hydrogens (tertiary/aromatic N) is 6. The van der Waals surface area contributed by atoms with E-state index < -0.39 is 0 Å². The van der Waals surface area contributed by atoms with Crippen molar-refractivity contribution in [2.45, 2.75) is 0 Å². The fourth-order valence-electron chi connectivity index (χ4n) is 14.2. The molecule has 0 amide bonds. The zero-order valence-corrected chi connectivity index (χ0v) is 49.3. The maximum atomic E-state index is 9.75. The van der Waals surface area contributed by atoms with E-state index in [1.54, 1.807) is 11.3 Å². The van der Waals surface area contributed by atoms with E-state index in [1.807, 2.05) is 60.7 Å². The number of aromatic nitrogens is 5. The molecule has 91 heavy (non-hydrogen) atoms. The zero-order valence-electron chi connectivity index (χ0n) is 48.5. The van der Waals surface area contributed by atoms with Gasteiger partial charge in [0, 0.05) is 74.7 Å². The van der Waals surface area contributed by atoms with Crippen LogP contribution in [0.5, 0.6) is 0 Å². The molecule has 0 aliphatic carbocycles. The Balaban J connectivity index is 1.02. The number of rotatable bonds is 8. The highest BCUT2D eigenvalue weighted by Crippen LogP contribution is 2.53. The van der Waals surface area contributed by atoms with Crippen LogP contribution in [0.4, 0.5) is 5.69 Å². The van der Waals surface area contributed by atoms with Crippen molar-refractivity contribution in [2.75, 3.05) is 0 Å². The molecule has 0 fully saturated rings. The zero-order chi connectivity index (χ0) is 59.8. The van der Waals surface area contributed by atoms with Gasteiger partial charge < -0.3 is 18.0 Å². The van der Waals surface area contributed by atoms with E-state index in [9.17, 15) is 6.57 Å². The summed E-state index contributed by atoms with van der Waals surface area (Å²) in [5.74, 6) is 1.45. The summed E-state index contributed by atoms with van der Waals surface area (Å²) >= 11 is 1.76. The van der Waals surface area contributed by atoms with Crippen molar-refractivity contribution in [2.24, 2.45) is 0 Å². The summed E-state index contributed by atoms with van der Waals surface area (Å²) in [6.45, 7) is 9.75. The number of hydrogen-bond donors (Lipinski definition) is 0. The Labute approximate surface area is 523 Å². The molecule has 0 spiro atoms. The van der Waals surface area contributed by atoms with E-state index in [2.05, 4.69) is 228 Å². The van der Waals surface area contributed by atoms with E-state index in [0.717, 1.165) is 153 Å². The molecule has 0 aliphatic rings. The lowest BCUT2D eigenvalue weighted by atomic mass is 9.93. The molecule has 0 radical (unpaired) electrons. The lowest BCUT2D eigenvalue weighted by Crippen LogP contribution is -2.09. The van der Waals surface area contributed by atoms with Gasteiger partial charge in [0.05, 0.1) is 50.8 Å². The lowest BCUT2D eigenvalue weighted by Gasteiger charge is -2.25. The Hall–Kier alpha value is -12.2. The van der Waals surface area contributed by atoms with Crippen LogP contribution >= 0.6 is 11.3 Å². The van der Waals surface area contributed by atoms with Crippen molar-refractivity contribution < 1.29 is 8.83 Å². The third-order valence-corrected chi connectivity index (χ3v) is 19.3. The Morgan fingerprint density at radius 3 is 1.35 bits per heavy atom. The number of hydrogen-bond acceptors (Lipinski definition) is 6. The van der Waals surface area contributed by atoms with E-state index >= 15 is 0 Å². The van der Waals surface area contributed by atoms with Gasteiger partial charge in [0.2, 0.25) is 5.69 Å². The molecule has 9 heteroatoms. The minimum Gasteiger partial charge on any atom is -0.455 e. The normalized spacial score (nSPS) is 11.9. The van der Waals surface area contributed by atoms with Crippen molar-refractivity contribution in [3.8, 4) is 78.9 Å². The first-order chi connectivity index (χ1) is 45.1. The predicted molar refractivity (Wildman–Crippen MR) is 375 cm³/mol. The number of benzene rings is 13. The third kappa shape index (κ3) is 7.70. The molecular weight excluding hydrogens is 1130 g/mol. The Bertz CT molecular complexity index is 6270. The monoisotopic (exact) mass is 1180 g/mol. The summed E-state index contributed by atoms with van der Waals surface area (Å²) < 4.78 is 21.2. The molecular formula is C82H46N6O2S. The van der Waals surface area contributed by atoms with Crippen molar-refractivity contribution >= 4 is 125 Å². The molecule has 0 saturated heterocycles. The van der Waals surface area contributed by atoms with Gasteiger partial charge in [-0.1, -0.05) is 200 Å². The molecule has 8 nitrogen and oxygen atoms in total. The first-order valence-electron chi connectivity index (χ1n) is 30.3. The second-order valence-corrected chi connectivity index (χ2v) is 24.3. The average molecular weight is 1180 g/mol. The first kappa shape index (κ1) is 50.9. The largest absolute Gasteiger partial charge is 0.455 e. The SMILES string of the molecule is [C-]#[N+]c1cc(-c2nc(-c3ccccc3)nc(-c3cccc4sc5ccccc5c34)n2)c(-c2ccccc2)c(-n2c3ccc(-c4ccccc4)cc3c3c4oc5ccccc5c4ccc32)c1-n1c2ccc(-c3ccccc3)cc2c2c3oc4ccccc4c3ccc21. The molecule has 0 atom stereocenters. The second kappa shape index (κ2) is 19.9. The molecule has 19 rings (SSSR count). The Morgan fingerprint density at radius 2 is 0.780 bits per heavy atom. The molecule has 422 valence electrons. The van der Waals surface area contributed by atoms with Gasteiger partial charge in [-0.2, -0.15) is 0 Å². The van der Waals surface area contributed by atoms with E-state index in [-0.39, 0.29) is 0 Å². The number of furan rings is 2. The summed E-state index contributed by atoms with van der Waals surface area (Å²) in [7, 11) is 0. The molecule has 0 aliphatic heterocycles. The fourth-order valence-corrected chi connectivity index (χ4v) is 15.3. The maximum absolute atomic E-state index is 9.75. The van der Waals surface area contributed by atoms with Gasteiger partial charge in [0.15, 0.2) is 17.5 Å². The van der Waals surface area contributed by atoms with Crippen molar-refractivity contribution in [1.29, 1.82) is 0 Å². The van der Waals surface area contributed by atoms with Gasteiger partial charge in [0.1, 0.15) is 22.3 Å². The molecule has 13 aromatic carbocycles. The third-order valence-electron chi connectivity index (χ3n) is 18.2. The minimum absolute atomic E-state index is 0.384.